The van der Waals surface area contributed by atoms with Gasteiger partial charge in [0.25, 0.3) is 0 Å². The smallest absolute Gasteiger partial charge is 0.410 e. The highest BCUT2D eigenvalue weighted by Gasteiger charge is 2.27. The predicted molar refractivity (Wildman–Crippen MR) is 118 cm³/mol. The van der Waals surface area contributed by atoms with E-state index in [1.807, 2.05) is 32.5 Å². The van der Waals surface area contributed by atoms with Crippen LogP contribution in [0.25, 0.3) is 0 Å². The molecule has 1 aromatic carbocycles. The molecule has 29 heavy (non-hydrogen) atoms. The number of piperazine rings is 1. The first-order chi connectivity index (χ1) is 13.8. The Kier molecular flexibility index (Phi) is 7.16. The van der Waals surface area contributed by atoms with Crippen molar-refractivity contribution in [3.63, 3.8) is 0 Å². The van der Waals surface area contributed by atoms with E-state index in [9.17, 15) is 9.59 Å². The molecular formula is C21H32N4O3S. The van der Waals surface area contributed by atoms with Crippen molar-refractivity contribution in [3.8, 4) is 0 Å². The average molecular weight is 421 g/mol. The van der Waals surface area contributed by atoms with E-state index < -0.39 is 5.60 Å². The Labute approximate surface area is 177 Å². The summed E-state index contributed by atoms with van der Waals surface area (Å²) in [5, 5.41) is 2.99. The van der Waals surface area contributed by atoms with E-state index in [1.54, 1.807) is 9.80 Å². The fraction of sp³-hybridized carbons (Fsp3) is 0.619. The molecule has 0 spiro atoms. The Hall–Kier alpha value is -2.09. The monoisotopic (exact) mass is 420 g/mol. The zero-order valence-electron chi connectivity index (χ0n) is 17.6. The van der Waals surface area contributed by atoms with Gasteiger partial charge in [0.15, 0.2) is 0 Å². The van der Waals surface area contributed by atoms with Crippen LogP contribution in [0.5, 0.6) is 0 Å². The highest BCUT2D eigenvalue weighted by molar-refractivity contribution is 7.99. The molecule has 0 atom stereocenters. The lowest BCUT2D eigenvalue weighted by Crippen LogP contribution is -2.53. The maximum atomic E-state index is 12.5. The minimum atomic E-state index is -0.506. The first kappa shape index (κ1) is 21.6. The van der Waals surface area contributed by atoms with E-state index in [4.69, 9.17) is 4.74 Å². The summed E-state index contributed by atoms with van der Waals surface area (Å²) in [7, 11) is 0. The minimum Gasteiger partial charge on any atom is -0.444 e. The summed E-state index contributed by atoms with van der Waals surface area (Å²) in [6.45, 7) is 10.3. The number of hydrogen-bond donors (Lipinski definition) is 1. The highest BCUT2D eigenvalue weighted by Crippen LogP contribution is 2.20. The molecule has 0 aliphatic carbocycles. The molecule has 3 amide bonds. The van der Waals surface area contributed by atoms with Gasteiger partial charge >= 0.3 is 12.1 Å². The molecule has 0 saturated carbocycles. The Morgan fingerprint density at radius 2 is 1.55 bits per heavy atom. The average Bonchev–Trinajstić information content (AvgIpc) is 2.72. The van der Waals surface area contributed by atoms with Crippen molar-refractivity contribution in [2.24, 2.45) is 0 Å². The van der Waals surface area contributed by atoms with Crippen LogP contribution < -0.4 is 10.2 Å². The summed E-state index contributed by atoms with van der Waals surface area (Å²) >= 11 is 2.00. The third-order valence-corrected chi connectivity index (χ3v) is 5.92. The van der Waals surface area contributed by atoms with E-state index in [0.717, 1.165) is 18.7 Å². The minimum absolute atomic E-state index is 0.0917. The lowest BCUT2D eigenvalue weighted by molar-refractivity contribution is 0.0170. The van der Waals surface area contributed by atoms with Gasteiger partial charge in [-0.1, -0.05) is 12.1 Å². The van der Waals surface area contributed by atoms with Gasteiger partial charge in [-0.15, -0.1) is 0 Å². The maximum Gasteiger partial charge on any atom is 0.410 e. The highest BCUT2D eigenvalue weighted by atomic mass is 32.2. The topological polar surface area (TPSA) is 65.1 Å². The molecule has 2 heterocycles. The quantitative estimate of drug-likeness (QED) is 0.814. The van der Waals surface area contributed by atoms with Gasteiger partial charge in [-0.25, -0.2) is 9.59 Å². The largest absolute Gasteiger partial charge is 0.444 e. The number of nitrogens with zero attached hydrogens (tertiary/aromatic N) is 3. The molecule has 2 saturated heterocycles. The van der Waals surface area contributed by atoms with Gasteiger partial charge in [0.2, 0.25) is 0 Å². The molecule has 7 nitrogen and oxygen atoms in total. The molecule has 160 valence electrons. The van der Waals surface area contributed by atoms with Crippen LogP contribution >= 0.6 is 11.8 Å². The van der Waals surface area contributed by atoms with Gasteiger partial charge in [-0.2, -0.15) is 11.8 Å². The van der Waals surface area contributed by atoms with Crippen LogP contribution in [0.4, 0.5) is 15.3 Å². The zero-order valence-corrected chi connectivity index (χ0v) is 18.5. The van der Waals surface area contributed by atoms with Crippen molar-refractivity contribution < 1.29 is 14.3 Å². The van der Waals surface area contributed by atoms with Crippen LogP contribution in [-0.4, -0.2) is 78.3 Å². The lowest BCUT2D eigenvalue weighted by atomic mass is 10.2. The third-order valence-electron chi connectivity index (χ3n) is 4.97. The van der Waals surface area contributed by atoms with Gasteiger partial charge in [0.1, 0.15) is 5.60 Å². The van der Waals surface area contributed by atoms with Crippen LogP contribution in [0, 0.1) is 0 Å². The van der Waals surface area contributed by atoms with Gasteiger partial charge in [0, 0.05) is 63.0 Å². The van der Waals surface area contributed by atoms with Crippen LogP contribution in [0.3, 0.4) is 0 Å². The summed E-state index contributed by atoms with van der Waals surface area (Å²) in [5.74, 6) is 2.36. The number of carbonyl (C=O) groups is 2. The van der Waals surface area contributed by atoms with E-state index in [-0.39, 0.29) is 12.1 Å². The van der Waals surface area contributed by atoms with E-state index in [0.29, 0.717) is 32.7 Å². The number of carbonyl (C=O) groups excluding carboxylic acids is 2. The number of urea groups is 1. The van der Waals surface area contributed by atoms with Gasteiger partial charge < -0.3 is 24.8 Å². The molecule has 2 aliphatic rings. The summed E-state index contributed by atoms with van der Waals surface area (Å²) in [6, 6.07) is 8.34. The molecular weight excluding hydrogens is 388 g/mol. The van der Waals surface area contributed by atoms with Crippen LogP contribution in [0.2, 0.25) is 0 Å². The molecule has 1 N–H and O–H groups in total. The van der Waals surface area contributed by atoms with E-state index in [2.05, 4.69) is 34.5 Å². The van der Waals surface area contributed by atoms with E-state index in [1.165, 1.54) is 17.2 Å². The van der Waals surface area contributed by atoms with Crippen molar-refractivity contribution >= 4 is 29.6 Å². The third kappa shape index (κ3) is 6.45. The van der Waals surface area contributed by atoms with Crippen LogP contribution in [-0.2, 0) is 11.3 Å². The first-order valence-corrected chi connectivity index (χ1v) is 11.4. The number of anilines is 1. The second kappa shape index (κ2) is 9.61. The van der Waals surface area contributed by atoms with Crippen molar-refractivity contribution in [2.45, 2.75) is 32.9 Å². The molecule has 2 fully saturated rings. The molecule has 0 radical (unpaired) electrons. The second-order valence-corrected chi connectivity index (χ2v) is 9.60. The van der Waals surface area contributed by atoms with Gasteiger partial charge in [-0.05, 0) is 38.5 Å². The summed E-state index contributed by atoms with van der Waals surface area (Å²) < 4.78 is 5.39. The number of amides is 3. The Morgan fingerprint density at radius 1 is 0.966 bits per heavy atom. The first-order valence-electron chi connectivity index (χ1n) is 10.2. The molecule has 0 unspecified atom stereocenters. The number of ether oxygens (including phenoxy) is 1. The SMILES string of the molecule is CC(C)(C)OC(=O)N1CCN(C(=O)NCc2ccc(N3CCSCC3)cc2)CC1. The van der Waals surface area contributed by atoms with Crippen molar-refractivity contribution in [1.82, 2.24) is 15.1 Å². The molecule has 0 aromatic heterocycles. The fourth-order valence-electron chi connectivity index (χ4n) is 3.35. The summed E-state index contributed by atoms with van der Waals surface area (Å²) in [5.41, 5.74) is 1.83. The normalized spacial score (nSPS) is 17.8. The zero-order chi connectivity index (χ0) is 20.9. The van der Waals surface area contributed by atoms with Crippen LogP contribution in [0.15, 0.2) is 24.3 Å². The Morgan fingerprint density at radius 3 is 2.14 bits per heavy atom. The number of benzene rings is 1. The Balaban J connectivity index is 1.41. The standard InChI is InChI=1S/C21H32N4O3S/c1-21(2,3)28-20(27)25-10-8-24(9-11-25)19(26)22-16-17-4-6-18(7-5-17)23-12-14-29-15-13-23/h4-7H,8-16H2,1-3H3,(H,22,26). The van der Waals surface area contributed by atoms with E-state index >= 15 is 0 Å². The molecule has 2 aliphatic heterocycles. The predicted octanol–water partition coefficient (Wildman–Crippen LogP) is 3.00. The van der Waals surface area contributed by atoms with Crippen molar-refractivity contribution in [2.75, 3.05) is 55.7 Å². The van der Waals surface area contributed by atoms with Crippen molar-refractivity contribution in [1.29, 1.82) is 0 Å². The lowest BCUT2D eigenvalue weighted by Gasteiger charge is -2.35. The second-order valence-electron chi connectivity index (χ2n) is 8.38. The molecule has 8 heteroatoms. The maximum absolute atomic E-state index is 12.5. The van der Waals surface area contributed by atoms with Crippen molar-refractivity contribution in [3.05, 3.63) is 29.8 Å². The number of hydrogen-bond acceptors (Lipinski definition) is 5. The number of thioether (sulfide) groups is 1. The van der Waals surface area contributed by atoms with Crippen LogP contribution in [0.1, 0.15) is 26.3 Å². The molecule has 1 aromatic rings. The number of nitrogens with one attached hydrogen (secondary N) is 1. The summed E-state index contributed by atoms with van der Waals surface area (Å²) in [4.78, 5) is 30.4. The molecule has 0 bridgehead atoms. The molecule has 3 rings (SSSR count). The Bertz CT molecular complexity index is 691. The fourth-order valence-corrected chi connectivity index (χ4v) is 4.26. The number of rotatable bonds is 3. The van der Waals surface area contributed by atoms with Gasteiger partial charge in [-0.3, -0.25) is 0 Å². The van der Waals surface area contributed by atoms with Gasteiger partial charge in [0.05, 0.1) is 0 Å². The summed E-state index contributed by atoms with van der Waals surface area (Å²) in [6.07, 6.45) is -0.315.